The fraction of sp³-hybridized carbons (Fsp3) is 0.438. The van der Waals surface area contributed by atoms with Crippen LogP contribution in [0, 0.1) is 0 Å². The van der Waals surface area contributed by atoms with Crippen LogP contribution in [-0.2, 0) is 6.54 Å². The van der Waals surface area contributed by atoms with Crippen molar-refractivity contribution < 1.29 is 4.74 Å². The molecule has 0 aliphatic rings. The van der Waals surface area contributed by atoms with Gasteiger partial charge in [0.1, 0.15) is 5.75 Å². The van der Waals surface area contributed by atoms with Crippen molar-refractivity contribution in [2.24, 2.45) is 0 Å². The molecule has 0 bridgehead atoms. The monoisotopic (exact) mass is 316 g/mol. The molecule has 1 heterocycles. The predicted octanol–water partition coefficient (Wildman–Crippen LogP) is 1.86. The van der Waals surface area contributed by atoms with Gasteiger partial charge >= 0.3 is 0 Å². The molecule has 0 aliphatic carbocycles. The van der Waals surface area contributed by atoms with Crippen molar-refractivity contribution in [1.29, 1.82) is 0 Å². The third-order valence-electron chi connectivity index (χ3n) is 3.26. The normalized spacial score (nSPS) is 10.6. The first-order valence-corrected chi connectivity index (χ1v) is 7.62. The van der Waals surface area contributed by atoms with Crippen LogP contribution in [0.4, 0.5) is 11.8 Å². The Morgan fingerprint density at radius 1 is 1.13 bits per heavy atom. The maximum Gasteiger partial charge on any atom is 0.244 e. The Bertz CT molecular complexity index is 587. The van der Waals surface area contributed by atoms with Crippen LogP contribution in [-0.4, -0.2) is 54.4 Å². The second-order valence-electron chi connectivity index (χ2n) is 5.45. The highest BCUT2D eigenvalue weighted by molar-refractivity contribution is 5.38. The molecule has 0 fully saturated rings. The fourth-order valence-electron chi connectivity index (χ4n) is 2.00. The van der Waals surface area contributed by atoms with Crippen molar-refractivity contribution in [3.63, 3.8) is 0 Å². The molecule has 7 heteroatoms. The molecule has 0 radical (unpaired) electrons. The third-order valence-corrected chi connectivity index (χ3v) is 3.26. The third kappa shape index (κ3) is 6.07. The van der Waals surface area contributed by atoms with Crippen molar-refractivity contribution in [1.82, 2.24) is 20.1 Å². The molecule has 2 aromatic rings. The Kier molecular flexibility index (Phi) is 6.56. The van der Waals surface area contributed by atoms with E-state index in [0.717, 1.165) is 30.8 Å². The van der Waals surface area contributed by atoms with Crippen molar-refractivity contribution in [2.45, 2.75) is 13.0 Å². The molecule has 0 spiro atoms. The highest BCUT2D eigenvalue weighted by atomic mass is 16.5. The standard InChI is InChI=1S/C16H24N6O/c1-22(2)10-4-9-17-16-20-15(12-19-21-16)18-11-13-5-7-14(23-3)8-6-13/h5-8,12H,4,9-11H2,1-3H3,(H2,17,18,20,21). The van der Waals surface area contributed by atoms with Crippen LogP contribution in [0.3, 0.4) is 0 Å². The number of benzene rings is 1. The molecule has 0 atom stereocenters. The van der Waals surface area contributed by atoms with Gasteiger partial charge in [0.15, 0.2) is 5.82 Å². The van der Waals surface area contributed by atoms with Gasteiger partial charge in [-0.05, 0) is 44.8 Å². The van der Waals surface area contributed by atoms with Crippen molar-refractivity contribution in [3.05, 3.63) is 36.0 Å². The van der Waals surface area contributed by atoms with Crippen LogP contribution >= 0.6 is 0 Å². The van der Waals surface area contributed by atoms with E-state index in [1.165, 1.54) is 0 Å². The lowest BCUT2D eigenvalue weighted by Gasteiger charge is -2.10. The summed E-state index contributed by atoms with van der Waals surface area (Å²) in [4.78, 5) is 6.55. The molecule has 124 valence electrons. The van der Waals surface area contributed by atoms with Crippen LogP contribution in [0.2, 0.25) is 0 Å². The van der Waals surface area contributed by atoms with Gasteiger partial charge in [-0.15, -0.1) is 5.10 Å². The molecule has 1 aromatic heterocycles. The summed E-state index contributed by atoms with van der Waals surface area (Å²) in [6, 6.07) is 7.90. The van der Waals surface area contributed by atoms with Crippen LogP contribution in [0.25, 0.3) is 0 Å². The molecule has 0 unspecified atom stereocenters. The number of methoxy groups -OCH3 is 1. The molecule has 0 saturated carbocycles. The number of aromatic nitrogens is 3. The number of nitrogens with one attached hydrogen (secondary N) is 2. The zero-order valence-electron chi connectivity index (χ0n) is 13.9. The molecular weight excluding hydrogens is 292 g/mol. The summed E-state index contributed by atoms with van der Waals surface area (Å²) in [6.07, 6.45) is 2.65. The number of anilines is 2. The Morgan fingerprint density at radius 2 is 1.91 bits per heavy atom. The Morgan fingerprint density at radius 3 is 2.61 bits per heavy atom. The zero-order chi connectivity index (χ0) is 16.5. The minimum atomic E-state index is 0.545. The van der Waals surface area contributed by atoms with E-state index >= 15 is 0 Å². The van der Waals surface area contributed by atoms with Crippen molar-refractivity contribution in [2.75, 3.05) is 44.9 Å². The van der Waals surface area contributed by atoms with Crippen molar-refractivity contribution >= 4 is 11.8 Å². The van der Waals surface area contributed by atoms with Gasteiger partial charge in [-0.1, -0.05) is 12.1 Å². The van der Waals surface area contributed by atoms with E-state index in [4.69, 9.17) is 4.74 Å². The maximum absolute atomic E-state index is 5.15. The Labute approximate surface area is 137 Å². The van der Waals surface area contributed by atoms with E-state index in [-0.39, 0.29) is 0 Å². The van der Waals surface area contributed by atoms with Crippen LogP contribution in [0.15, 0.2) is 30.5 Å². The predicted molar refractivity (Wildman–Crippen MR) is 91.8 cm³/mol. The largest absolute Gasteiger partial charge is 0.497 e. The first kappa shape index (κ1) is 17.0. The highest BCUT2D eigenvalue weighted by Crippen LogP contribution is 2.12. The Hall–Kier alpha value is -2.41. The molecule has 0 saturated heterocycles. The van der Waals surface area contributed by atoms with Crippen LogP contribution in [0.1, 0.15) is 12.0 Å². The van der Waals surface area contributed by atoms with E-state index < -0.39 is 0 Å². The summed E-state index contributed by atoms with van der Waals surface area (Å²) in [5.41, 5.74) is 1.14. The molecule has 2 N–H and O–H groups in total. The molecule has 0 aliphatic heterocycles. The lowest BCUT2D eigenvalue weighted by atomic mass is 10.2. The molecule has 0 amide bonds. The second-order valence-corrected chi connectivity index (χ2v) is 5.45. The summed E-state index contributed by atoms with van der Waals surface area (Å²) in [7, 11) is 5.77. The quantitative estimate of drug-likeness (QED) is 0.684. The highest BCUT2D eigenvalue weighted by Gasteiger charge is 2.01. The maximum atomic E-state index is 5.15. The topological polar surface area (TPSA) is 75.2 Å². The van der Waals surface area contributed by atoms with Gasteiger partial charge in [0, 0.05) is 13.1 Å². The number of rotatable bonds is 9. The minimum Gasteiger partial charge on any atom is -0.497 e. The van der Waals surface area contributed by atoms with Gasteiger partial charge in [-0.2, -0.15) is 10.1 Å². The Balaban J connectivity index is 1.81. The van der Waals surface area contributed by atoms with Gasteiger partial charge in [-0.3, -0.25) is 0 Å². The van der Waals surface area contributed by atoms with E-state index in [1.54, 1.807) is 13.3 Å². The molecule has 2 rings (SSSR count). The van der Waals surface area contributed by atoms with E-state index in [1.807, 2.05) is 24.3 Å². The summed E-state index contributed by atoms with van der Waals surface area (Å²) in [5, 5.41) is 14.4. The van der Waals surface area contributed by atoms with E-state index in [2.05, 4.69) is 44.8 Å². The average Bonchev–Trinajstić information content (AvgIpc) is 2.57. The minimum absolute atomic E-state index is 0.545. The molecule has 7 nitrogen and oxygen atoms in total. The fourth-order valence-corrected chi connectivity index (χ4v) is 2.00. The van der Waals surface area contributed by atoms with Crippen molar-refractivity contribution in [3.8, 4) is 5.75 Å². The second kappa shape index (κ2) is 8.89. The van der Waals surface area contributed by atoms with Gasteiger partial charge in [0.05, 0.1) is 13.3 Å². The van der Waals surface area contributed by atoms with E-state index in [9.17, 15) is 0 Å². The molecule has 1 aromatic carbocycles. The lowest BCUT2D eigenvalue weighted by Crippen LogP contribution is -2.17. The average molecular weight is 316 g/mol. The van der Waals surface area contributed by atoms with Gasteiger partial charge < -0.3 is 20.3 Å². The van der Waals surface area contributed by atoms with E-state index in [0.29, 0.717) is 18.3 Å². The van der Waals surface area contributed by atoms with Crippen LogP contribution in [0.5, 0.6) is 5.75 Å². The first-order chi connectivity index (χ1) is 11.2. The summed E-state index contributed by atoms with van der Waals surface area (Å²) >= 11 is 0. The number of ether oxygens (including phenoxy) is 1. The van der Waals surface area contributed by atoms with Gasteiger partial charge in [-0.25, -0.2) is 0 Å². The smallest absolute Gasteiger partial charge is 0.244 e. The zero-order valence-corrected chi connectivity index (χ0v) is 13.9. The lowest BCUT2D eigenvalue weighted by molar-refractivity contribution is 0.405. The summed E-state index contributed by atoms with van der Waals surface area (Å²) < 4.78 is 5.15. The molecule has 23 heavy (non-hydrogen) atoms. The molecular formula is C16H24N6O. The SMILES string of the molecule is COc1ccc(CNc2cnnc(NCCCN(C)C)n2)cc1. The van der Waals surface area contributed by atoms with Gasteiger partial charge in [0.2, 0.25) is 5.95 Å². The summed E-state index contributed by atoms with van der Waals surface area (Å²) in [6.45, 7) is 2.51. The number of hydrogen-bond acceptors (Lipinski definition) is 7. The summed E-state index contributed by atoms with van der Waals surface area (Å²) in [5.74, 6) is 2.09. The number of hydrogen-bond donors (Lipinski definition) is 2. The number of nitrogens with zero attached hydrogens (tertiary/aromatic N) is 4. The first-order valence-electron chi connectivity index (χ1n) is 7.62. The van der Waals surface area contributed by atoms with Crippen LogP contribution < -0.4 is 15.4 Å². The van der Waals surface area contributed by atoms with Gasteiger partial charge in [0.25, 0.3) is 0 Å².